The van der Waals surface area contributed by atoms with Crippen LogP contribution in [0.5, 0.6) is 5.75 Å². The van der Waals surface area contributed by atoms with E-state index < -0.39 is 30.2 Å². The van der Waals surface area contributed by atoms with E-state index in [1.807, 2.05) is 37.3 Å². The molecule has 0 aliphatic rings. The van der Waals surface area contributed by atoms with Gasteiger partial charge in [0.05, 0.1) is 0 Å². The highest BCUT2D eigenvalue weighted by molar-refractivity contribution is 5.88. The Bertz CT molecular complexity index is 1070. The topological polar surface area (TPSA) is 58.6 Å². The van der Waals surface area contributed by atoms with Crippen molar-refractivity contribution in [3.05, 3.63) is 102 Å². The molecule has 5 nitrogen and oxygen atoms in total. The summed E-state index contributed by atoms with van der Waals surface area (Å²) in [5, 5.41) is 2.87. The minimum absolute atomic E-state index is 0.0485. The maximum absolute atomic E-state index is 14.0. The molecule has 0 unspecified atom stereocenters. The van der Waals surface area contributed by atoms with Gasteiger partial charge in [0.1, 0.15) is 11.9 Å². The zero-order chi connectivity index (χ0) is 24.3. The Morgan fingerprint density at radius 1 is 0.912 bits per heavy atom. The van der Waals surface area contributed by atoms with Crippen LogP contribution >= 0.6 is 0 Å². The second kappa shape index (κ2) is 12.5. The maximum atomic E-state index is 14.0. The molecule has 178 valence electrons. The molecule has 3 aromatic carbocycles. The molecule has 0 saturated carbocycles. The predicted octanol–water partition coefficient (Wildman–Crippen LogP) is 4.51. The largest absolute Gasteiger partial charge is 0.481 e. The van der Waals surface area contributed by atoms with Crippen LogP contribution in [0.1, 0.15) is 24.5 Å². The average molecular weight is 467 g/mol. The van der Waals surface area contributed by atoms with Crippen molar-refractivity contribution in [2.75, 3.05) is 13.2 Å². The summed E-state index contributed by atoms with van der Waals surface area (Å²) >= 11 is 0. The SMILES string of the molecule is CCCNC(=O)[C@@H](Cc1ccccc1)N(Cc1ccc(F)cc1)C(=O)COc1ccccc1F. The third-order valence-corrected chi connectivity index (χ3v) is 5.27. The van der Waals surface area contributed by atoms with E-state index in [1.165, 1.54) is 35.2 Å². The van der Waals surface area contributed by atoms with Gasteiger partial charge in [-0.3, -0.25) is 9.59 Å². The van der Waals surface area contributed by atoms with Crippen LogP contribution in [-0.2, 0) is 22.6 Å². The maximum Gasteiger partial charge on any atom is 0.261 e. The van der Waals surface area contributed by atoms with Gasteiger partial charge < -0.3 is 15.0 Å². The van der Waals surface area contributed by atoms with Crippen molar-refractivity contribution in [3.63, 3.8) is 0 Å². The Labute approximate surface area is 198 Å². The number of halogens is 2. The second-order valence-electron chi connectivity index (χ2n) is 7.86. The van der Waals surface area contributed by atoms with Crippen molar-refractivity contribution in [1.29, 1.82) is 0 Å². The lowest BCUT2D eigenvalue weighted by Crippen LogP contribution is -2.51. The van der Waals surface area contributed by atoms with E-state index in [0.29, 0.717) is 12.1 Å². The van der Waals surface area contributed by atoms with Crippen LogP contribution in [0.15, 0.2) is 78.9 Å². The van der Waals surface area contributed by atoms with E-state index in [1.54, 1.807) is 18.2 Å². The first kappa shape index (κ1) is 24.9. The molecule has 0 spiro atoms. The number of carbonyl (C=O) groups is 2. The molecule has 34 heavy (non-hydrogen) atoms. The number of ether oxygens (including phenoxy) is 1. The summed E-state index contributed by atoms with van der Waals surface area (Å²) in [6.07, 6.45) is 1.02. The Balaban J connectivity index is 1.89. The fraction of sp³-hybridized carbons (Fsp3) is 0.259. The lowest BCUT2D eigenvalue weighted by molar-refractivity contribution is -0.142. The minimum atomic E-state index is -0.837. The molecule has 0 saturated heterocycles. The van der Waals surface area contributed by atoms with Gasteiger partial charge in [0, 0.05) is 19.5 Å². The zero-order valence-electron chi connectivity index (χ0n) is 19.0. The number of para-hydroxylation sites is 1. The highest BCUT2D eigenvalue weighted by Crippen LogP contribution is 2.18. The van der Waals surface area contributed by atoms with E-state index in [2.05, 4.69) is 5.32 Å². The van der Waals surface area contributed by atoms with Gasteiger partial charge in [0.25, 0.3) is 5.91 Å². The van der Waals surface area contributed by atoms with Crippen LogP contribution in [0.4, 0.5) is 8.78 Å². The van der Waals surface area contributed by atoms with Crippen LogP contribution in [0.25, 0.3) is 0 Å². The Kier molecular flexibility index (Phi) is 9.14. The van der Waals surface area contributed by atoms with Crippen LogP contribution in [0.2, 0.25) is 0 Å². The minimum Gasteiger partial charge on any atom is -0.481 e. The summed E-state index contributed by atoms with van der Waals surface area (Å²) in [5.41, 5.74) is 1.54. The Morgan fingerprint density at radius 2 is 1.59 bits per heavy atom. The van der Waals surface area contributed by atoms with Gasteiger partial charge in [-0.25, -0.2) is 8.78 Å². The summed E-state index contributed by atoms with van der Waals surface area (Å²) in [4.78, 5) is 27.9. The first-order valence-electron chi connectivity index (χ1n) is 11.2. The van der Waals surface area contributed by atoms with Gasteiger partial charge in [0.15, 0.2) is 18.2 Å². The van der Waals surface area contributed by atoms with Crippen molar-refractivity contribution >= 4 is 11.8 Å². The van der Waals surface area contributed by atoms with Crippen LogP contribution < -0.4 is 10.1 Å². The van der Waals surface area contributed by atoms with E-state index in [0.717, 1.165) is 12.0 Å². The average Bonchev–Trinajstić information content (AvgIpc) is 2.85. The molecule has 0 fully saturated rings. The number of carbonyl (C=O) groups excluding carboxylic acids is 2. The van der Waals surface area contributed by atoms with Gasteiger partial charge in [-0.15, -0.1) is 0 Å². The highest BCUT2D eigenvalue weighted by Gasteiger charge is 2.30. The fourth-order valence-electron chi connectivity index (χ4n) is 3.49. The van der Waals surface area contributed by atoms with Crippen molar-refractivity contribution in [2.24, 2.45) is 0 Å². The number of nitrogens with zero attached hydrogens (tertiary/aromatic N) is 1. The molecule has 0 radical (unpaired) electrons. The summed E-state index contributed by atoms with van der Waals surface area (Å²) in [6, 6.07) is 20.1. The van der Waals surface area contributed by atoms with Crippen molar-refractivity contribution in [1.82, 2.24) is 10.2 Å². The smallest absolute Gasteiger partial charge is 0.261 e. The van der Waals surface area contributed by atoms with Gasteiger partial charge in [0.2, 0.25) is 5.91 Å². The quantitative estimate of drug-likeness (QED) is 0.452. The normalized spacial score (nSPS) is 11.5. The second-order valence-corrected chi connectivity index (χ2v) is 7.86. The van der Waals surface area contributed by atoms with E-state index in [-0.39, 0.29) is 24.6 Å². The number of nitrogens with one attached hydrogen (secondary N) is 1. The summed E-state index contributed by atoms with van der Waals surface area (Å²) in [7, 11) is 0. The van der Waals surface area contributed by atoms with Crippen molar-refractivity contribution in [2.45, 2.75) is 32.4 Å². The zero-order valence-corrected chi connectivity index (χ0v) is 19.0. The van der Waals surface area contributed by atoms with Gasteiger partial charge in [-0.05, 0) is 41.8 Å². The van der Waals surface area contributed by atoms with E-state index in [9.17, 15) is 18.4 Å². The molecule has 0 heterocycles. The number of hydrogen-bond acceptors (Lipinski definition) is 3. The number of amides is 2. The molecule has 0 aliphatic carbocycles. The first-order valence-corrected chi connectivity index (χ1v) is 11.2. The Morgan fingerprint density at radius 3 is 2.26 bits per heavy atom. The van der Waals surface area contributed by atoms with Crippen LogP contribution in [0, 0.1) is 11.6 Å². The molecule has 1 atom stereocenters. The molecule has 1 N–H and O–H groups in total. The number of rotatable bonds is 11. The lowest BCUT2D eigenvalue weighted by Gasteiger charge is -2.31. The van der Waals surface area contributed by atoms with Crippen LogP contribution in [-0.4, -0.2) is 35.9 Å². The third kappa shape index (κ3) is 7.13. The lowest BCUT2D eigenvalue weighted by atomic mass is 10.0. The van der Waals surface area contributed by atoms with Crippen molar-refractivity contribution in [3.8, 4) is 5.75 Å². The summed E-state index contributed by atoms with van der Waals surface area (Å²) < 4.78 is 32.9. The monoisotopic (exact) mass is 466 g/mol. The molecular weight excluding hydrogens is 438 g/mol. The van der Waals surface area contributed by atoms with Crippen molar-refractivity contribution < 1.29 is 23.1 Å². The third-order valence-electron chi connectivity index (χ3n) is 5.27. The Hall–Kier alpha value is -3.74. The van der Waals surface area contributed by atoms with E-state index >= 15 is 0 Å². The van der Waals surface area contributed by atoms with Gasteiger partial charge in [-0.1, -0.05) is 61.5 Å². The van der Waals surface area contributed by atoms with E-state index in [4.69, 9.17) is 4.74 Å². The highest BCUT2D eigenvalue weighted by atomic mass is 19.1. The molecule has 3 aromatic rings. The fourth-order valence-corrected chi connectivity index (χ4v) is 3.49. The predicted molar refractivity (Wildman–Crippen MR) is 126 cm³/mol. The van der Waals surface area contributed by atoms with Crippen LogP contribution in [0.3, 0.4) is 0 Å². The molecule has 2 amide bonds. The molecule has 0 aromatic heterocycles. The standard InChI is InChI=1S/C27H28F2N2O3/c1-2-16-30-27(33)24(17-20-8-4-3-5-9-20)31(18-21-12-14-22(28)15-13-21)26(32)19-34-25-11-7-6-10-23(25)29/h3-15,24H,2,16-19H2,1H3,(H,30,33)/t24-/m1/s1. The summed E-state index contributed by atoms with van der Waals surface area (Å²) in [5.74, 6) is -1.81. The number of benzene rings is 3. The summed E-state index contributed by atoms with van der Waals surface area (Å²) in [6.45, 7) is 2.02. The molecule has 0 aliphatic heterocycles. The molecular formula is C27H28F2N2O3. The first-order chi connectivity index (χ1) is 16.5. The molecule has 7 heteroatoms. The van der Waals surface area contributed by atoms with Gasteiger partial charge >= 0.3 is 0 Å². The molecule has 0 bridgehead atoms. The number of hydrogen-bond donors (Lipinski definition) is 1. The molecule has 3 rings (SSSR count). The van der Waals surface area contributed by atoms with Gasteiger partial charge in [-0.2, -0.15) is 0 Å².